The van der Waals surface area contributed by atoms with Crippen LogP contribution >= 0.6 is 0 Å². The van der Waals surface area contributed by atoms with Crippen molar-refractivity contribution in [2.75, 3.05) is 5.73 Å². The third-order valence-electron chi connectivity index (χ3n) is 3.49. The number of hydrogen-bond donors (Lipinski definition) is 1. The van der Waals surface area contributed by atoms with E-state index < -0.39 is 11.7 Å². The quantitative estimate of drug-likeness (QED) is 0.713. The molecule has 0 atom stereocenters. The Hall–Kier alpha value is -2.89. The van der Waals surface area contributed by atoms with Crippen molar-refractivity contribution in [1.82, 2.24) is 9.97 Å². The van der Waals surface area contributed by atoms with E-state index in [-0.39, 0.29) is 5.69 Å². The molecule has 0 amide bonds. The zero-order valence-corrected chi connectivity index (χ0v) is 11.9. The predicted octanol–water partition coefficient (Wildman–Crippen LogP) is 4.41. The van der Waals surface area contributed by atoms with Gasteiger partial charge in [0.15, 0.2) is 0 Å². The van der Waals surface area contributed by atoms with Gasteiger partial charge in [-0.1, -0.05) is 0 Å². The lowest BCUT2D eigenvalue weighted by Crippen LogP contribution is -2.07. The van der Waals surface area contributed by atoms with Crippen LogP contribution < -0.4 is 5.73 Å². The molecule has 0 fully saturated rings. The van der Waals surface area contributed by atoms with Crippen LogP contribution in [0.25, 0.3) is 22.3 Å². The van der Waals surface area contributed by atoms with Crippen LogP contribution in [0.15, 0.2) is 61.2 Å². The maximum absolute atomic E-state index is 13.2. The van der Waals surface area contributed by atoms with Crippen molar-refractivity contribution in [2.45, 2.75) is 6.18 Å². The Kier molecular flexibility index (Phi) is 3.73. The summed E-state index contributed by atoms with van der Waals surface area (Å²) < 4.78 is 39.7. The van der Waals surface area contributed by atoms with Crippen LogP contribution in [0.4, 0.5) is 18.9 Å². The molecule has 0 unspecified atom stereocenters. The van der Waals surface area contributed by atoms with Gasteiger partial charge in [-0.25, -0.2) is 0 Å². The fraction of sp³-hybridized carbons (Fsp3) is 0.0588. The van der Waals surface area contributed by atoms with E-state index in [0.29, 0.717) is 22.3 Å². The van der Waals surface area contributed by atoms with Gasteiger partial charge in [0.2, 0.25) is 0 Å². The van der Waals surface area contributed by atoms with E-state index in [1.54, 1.807) is 24.3 Å². The molecular formula is C17H12F3N3. The second-order valence-corrected chi connectivity index (χ2v) is 4.95. The molecule has 3 nitrogen and oxygen atoms in total. The topological polar surface area (TPSA) is 51.8 Å². The van der Waals surface area contributed by atoms with E-state index in [9.17, 15) is 13.2 Å². The Morgan fingerprint density at radius 1 is 0.739 bits per heavy atom. The molecule has 0 aliphatic heterocycles. The molecule has 2 N–H and O–H groups in total. The number of nitrogen functional groups attached to an aromatic ring is 1. The lowest BCUT2D eigenvalue weighted by atomic mass is 9.94. The molecule has 0 radical (unpaired) electrons. The van der Waals surface area contributed by atoms with Crippen molar-refractivity contribution in [3.8, 4) is 22.3 Å². The summed E-state index contributed by atoms with van der Waals surface area (Å²) in [6.07, 6.45) is 1.60. The summed E-state index contributed by atoms with van der Waals surface area (Å²) in [5.41, 5.74) is 7.51. The van der Waals surface area contributed by atoms with Gasteiger partial charge in [0, 0.05) is 41.6 Å². The van der Waals surface area contributed by atoms with E-state index in [1.165, 1.54) is 24.8 Å². The summed E-state index contributed by atoms with van der Waals surface area (Å²) in [6.45, 7) is 0. The number of rotatable bonds is 2. The normalized spacial score (nSPS) is 11.4. The van der Waals surface area contributed by atoms with Crippen LogP contribution in [0.3, 0.4) is 0 Å². The monoisotopic (exact) mass is 315 g/mol. The lowest BCUT2D eigenvalue weighted by molar-refractivity contribution is -0.137. The highest BCUT2D eigenvalue weighted by molar-refractivity contribution is 5.89. The Bertz CT molecular complexity index is 755. The van der Waals surface area contributed by atoms with Gasteiger partial charge < -0.3 is 5.73 Å². The predicted molar refractivity (Wildman–Crippen MR) is 82.3 cm³/mol. The summed E-state index contributed by atoms with van der Waals surface area (Å²) in [5.74, 6) is 0. The van der Waals surface area contributed by atoms with E-state index in [2.05, 4.69) is 9.97 Å². The molecule has 3 aromatic rings. The molecule has 0 saturated heterocycles. The molecule has 0 spiro atoms. The van der Waals surface area contributed by atoms with Gasteiger partial charge in [-0.15, -0.1) is 0 Å². The second kappa shape index (κ2) is 5.72. The Balaban J connectivity index is 2.28. The Morgan fingerprint density at radius 3 is 1.48 bits per heavy atom. The molecule has 116 valence electrons. The van der Waals surface area contributed by atoms with Crippen LogP contribution in [0, 0.1) is 0 Å². The number of aromatic nitrogens is 2. The number of hydrogen-bond acceptors (Lipinski definition) is 3. The van der Waals surface area contributed by atoms with Crippen molar-refractivity contribution < 1.29 is 13.2 Å². The minimum atomic E-state index is -4.46. The van der Waals surface area contributed by atoms with Gasteiger partial charge in [-0.2, -0.15) is 13.2 Å². The molecule has 6 heteroatoms. The fourth-order valence-corrected chi connectivity index (χ4v) is 2.36. The molecular weight excluding hydrogens is 303 g/mol. The van der Waals surface area contributed by atoms with Gasteiger partial charge in [-0.05, 0) is 47.5 Å². The first kappa shape index (κ1) is 15.0. The average Bonchev–Trinajstić information content (AvgIpc) is 2.55. The Morgan fingerprint density at radius 2 is 1.13 bits per heavy atom. The first-order chi connectivity index (χ1) is 11.0. The summed E-state index contributed by atoms with van der Waals surface area (Å²) in [4.78, 5) is 7.76. The molecule has 23 heavy (non-hydrogen) atoms. The van der Waals surface area contributed by atoms with E-state index in [0.717, 1.165) is 12.1 Å². The first-order valence-electron chi connectivity index (χ1n) is 6.78. The fourth-order valence-electron chi connectivity index (χ4n) is 2.36. The highest BCUT2D eigenvalue weighted by atomic mass is 19.4. The number of nitrogens with two attached hydrogens (primary N) is 1. The summed E-state index contributed by atoms with van der Waals surface area (Å²) >= 11 is 0. The Labute approximate surface area is 130 Å². The third-order valence-corrected chi connectivity index (χ3v) is 3.49. The maximum atomic E-state index is 13.2. The molecule has 3 rings (SSSR count). The average molecular weight is 315 g/mol. The second-order valence-electron chi connectivity index (χ2n) is 4.95. The highest BCUT2D eigenvalue weighted by Crippen LogP contribution is 2.40. The third kappa shape index (κ3) is 3.01. The summed E-state index contributed by atoms with van der Waals surface area (Å²) in [7, 11) is 0. The van der Waals surface area contributed by atoms with Gasteiger partial charge in [0.25, 0.3) is 0 Å². The molecule has 1 aromatic carbocycles. The SMILES string of the molecule is Nc1c(-c2ccncc2)cc(C(F)(F)F)cc1-c1ccncc1. The highest BCUT2D eigenvalue weighted by Gasteiger charge is 2.32. The molecule has 2 aromatic heterocycles. The number of anilines is 1. The molecule has 0 aliphatic carbocycles. The molecule has 0 saturated carbocycles. The first-order valence-corrected chi connectivity index (χ1v) is 6.78. The largest absolute Gasteiger partial charge is 0.416 e. The van der Waals surface area contributed by atoms with Gasteiger partial charge in [0.1, 0.15) is 0 Å². The summed E-state index contributed by atoms with van der Waals surface area (Å²) in [6, 6.07) is 8.64. The van der Waals surface area contributed by atoms with Gasteiger partial charge >= 0.3 is 6.18 Å². The smallest absolute Gasteiger partial charge is 0.398 e. The van der Waals surface area contributed by atoms with Crippen LogP contribution in [0.1, 0.15) is 5.56 Å². The van der Waals surface area contributed by atoms with Gasteiger partial charge in [-0.3, -0.25) is 9.97 Å². The van der Waals surface area contributed by atoms with Crippen molar-refractivity contribution in [1.29, 1.82) is 0 Å². The number of pyridine rings is 2. The standard InChI is InChI=1S/C17H12F3N3/c18-17(19,20)13-9-14(11-1-5-22-6-2-11)16(21)15(10-13)12-3-7-23-8-4-12/h1-10H,21H2. The van der Waals surface area contributed by atoms with E-state index in [1.807, 2.05) is 0 Å². The lowest BCUT2D eigenvalue weighted by Gasteiger charge is -2.16. The number of alkyl halides is 3. The van der Waals surface area contributed by atoms with Crippen molar-refractivity contribution >= 4 is 5.69 Å². The van der Waals surface area contributed by atoms with Crippen molar-refractivity contribution in [2.24, 2.45) is 0 Å². The minimum Gasteiger partial charge on any atom is -0.398 e. The molecule has 2 heterocycles. The van der Waals surface area contributed by atoms with E-state index in [4.69, 9.17) is 5.73 Å². The van der Waals surface area contributed by atoms with Crippen LogP contribution in [0.2, 0.25) is 0 Å². The van der Waals surface area contributed by atoms with Crippen molar-refractivity contribution in [3.63, 3.8) is 0 Å². The zero-order valence-electron chi connectivity index (χ0n) is 11.9. The minimum absolute atomic E-state index is 0.287. The van der Waals surface area contributed by atoms with Crippen LogP contribution in [-0.4, -0.2) is 9.97 Å². The van der Waals surface area contributed by atoms with Crippen LogP contribution in [-0.2, 0) is 6.18 Å². The van der Waals surface area contributed by atoms with Crippen molar-refractivity contribution in [3.05, 3.63) is 66.7 Å². The molecule has 0 bridgehead atoms. The maximum Gasteiger partial charge on any atom is 0.416 e. The van der Waals surface area contributed by atoms with Crippen LogP contribution in [0.5, 0.6) is 0 Å². The molecule has 0 aliphatic rings. The summed E-state index contributed by atoms with van der Waals surface area (Å²) in [5, 5.41) is 0. The number of halogens is 3. The van der Waals surface area contributed by atoms with Gasteiger partial charge in [0.05, 0.1) is 5.56 Å². The number of nitrogens with zero attached hydrogens (tertiary/aromatic N) is 2. The number of benzene rings is 1. The zero-order chi connectivity index (χ0) is 16.4. The van der Waals surface area contributed by atoms with E-state index >= 15 is 0 Å².